The summed E-state index contributed by atoms with van der Waals surface area (Å²) in [7, 11) is 0. The molecule has 1 atom stereocenters. The van der Waals surface area contributed by atoms with Gasteiger partial charge in [-0.1, -0.05) is 213 Å². The van der Waals surface area contributed by atoms with E-state index >= 15 is 0 Å². The van der Waals surface area contributed by atoms with Gasteiger partial charge in [0.25, 0.3) is 0 Å². The fraction of sp³-hybridized carbons (Fsp3) is 0.925. The molecule has 1 aliphatic heterocycles. The van der Waals surface area contributed by atoms with E-state index in [0.29, 0.717) is 0 Å². The van der Waals surface area contributed by atoms with E-state index in [1.165, 1.54) is 205 Å². The highest BCUT2D eigenvalue weighted by atomic mass is 16.6. The lowest BCUT2D eigenvalue weighted by atomic mass is 9.93. The normalized spacial score (nSPS) is 15.8. The Bertz CT molecular complexity index is 594. The van der Waals surface area contributed by atoms with Crippen molar-refractivity contribution in [1.82, 2.24) is 0 Å². The van der Waals surface area contributed by atoms with E-state index < -0.39 is 0 Å². The van der Waals surface area contributed by atoms with Gasteiger partial charge in [-0.2, -0.15) is 0 Å². The Morgan fingerprint density at radius 2 is 0.714 bits per heavy atom. The summed E-state index contributed by atoms with van der Waals surface area (Å²) in [6.45, 7) is 4.59. The van der Waals surface area contributed by atoms with Gasteiger partial charge < -0.3 is 4.74 Å². The fourth-order valence-corrected chi connectivity index (χ4v) is 6.59. The summed E-state index contributed by atoms with van der Waals surface area (Å²) in [5, 5.41) is 0. The van der Waals surface area contributed by atoms with Crippen molar-refractivity contribution in [1.29, 1.82) is 0 Å². The molecule has 0 aromatic heterocycles. The highest BCUT2D eigenvalue weighted by Gasteiger charge is 2.36. The summed E-state index contributed by atoms with van der Waals surface area (Å²) in [5.41, 5.74) is 0. The quantitative estimate of drug-likeness (QED) is 0.0552. The Balaban J connectivity index is 1.82. The molecule has 1 fully saturated rings. The predicted octanol–water partition coefficient (Wildman–Crippen LogP) is 14.3. The van der Waals surface area contributed by atoms with E-state index in [9.17, 15) is 4.79 Å². The van der Waals surface area contributed by atoms with Gasteiger partial charge in [0, 0.05) is 0 Å². The van der Waals surface area contributed by atoms with Gasteiger partial charge in [0.15, 0.2) is 0 Å². The van der Waals surface area contributed by atoms with E-state index in [-0.39, 0.29) is 11.9 Å². The van der Waals surface area contributed by atoms with Crippen LogP contribution in [0.25, 0.3) is 0 Å². The summed E-state index contributed by atoms with van der Waals surface area (Å²) >= 11 is 0. The van der Waals surface area contributed by atoms with E-state index in [2.05, 4.69) is 19.9 Å². The second-order valence-corrected chi connectivity index (χ2v) is 13.8. The van der Waals surface area contributed by atoms with Crippen molar-refractivity contribution in [3.05, 3.63) is 11.8 Å². The molecule has 0 aromatic rings. The highest BCUT2D eigenvalue weighted by Crippen LogP contribution is 2.32. The molecule has 1 aliphatic rings. The Morgan fingerprint density at radius 1 is 0.429 bits per heavy atom. The molecule has 42 heavy (non-hydrogen) atoms. The monoisotopic (exact) mass is 589 g/mol. The number of ether oxygens (including phenoxy) is 1. The molecule has 1 heterocycles. The molecule has 0 radical (unpaired) electrons. The zero-order valence-electron chi connectivity index (χ0n) is 29.0. The van der Waals surface area contributed by atoms with Crippen molar-refractivity contribution < 1.29 is 9.53 Å². The summed E-state index contributed by atoms with van der Waals surface area (Å²) in [4.78, 5) is 12.0. The highest BCUT2D eigenvalue weighted by molar-refractivity contribution is 5.82. The molecule has 248 valence electrons. The zero-order chi connectivity index (χ0) is 30.2. The molecule has 2 heteroatoms. The molecule has 0 N–H and O–H groups in total. The van der Waals surface area contributed by atoms with E-state index in [4.69, 9.17) is 4.74 Å². The van der Waals surface area contributed by atoms with Crippen LogP contribution >= 0.6 is 0 Å². The maximum Gasteiger partial charge on any atom is 0.321 e. The Hall–Kier alpha value is -0.790. The van der Waals surface area contributed by atoms with Crippen LogP contribution in [0, 0.1) is 5.92 Å². The molecular formula is C40H76O2. The van der Waals surface area contributed by atoms with Crippen LogP contribution in [0.1, 0.15) is 232 Å². The molecule has 0 aromatic carbocycles. The molecule has 1 rings (SSSR count). The first kappa shape index (κ1) is 39.2. The van der Waals surface area contributed by atoms with Gasteiger partial charge in [-0.3, -0.25) is 4.79 Å². The molecule has 0 saturated carbocycles. The Kier molecular flexibility index (Phi) is 29.5. The number of hydrogen-bond acceptors (Lipinski definition) is 2. The van der Waals surface area contributed by atoms with Crippen LogP contribution in [0.5, 0.6) is 0 Å². The number of rotatable bonds is 34. The molecule has 0 spiro atoms. The minimum atomic E-state index is 0.0224. The third kappa shape index (κ3) is 24.6. The lowest BCUT2D eigenvalue weighted by molar-refractivity contribution is -0.157. The lowest BCUT2D eigenvalue weighted by Crippen LogP contribution is -2.32. The van der Waals surface area contributed by atoms with E-state index in [0.717, 1.165) is 18.6 Å². The molecule has 0 aliphatic carbocycles. The van der Waals surface area contributed by atoms with Crippen molar-refractivity contribution in [3.63, 3.8) is 0 Å². The van der Waals surface area contributed by atoms with Crippen LogP contribution in [-0.4, -0.2) is 5.97 Å². The van der Waals surface area contributed by atoms with Gasteiger partial charge in [0.05, 0.1) is 0 Å². The number of unbranched alkanes of at least 4 members (excludes halogenated alkanes) is 31. The summed E-state index contributed by atoms with van der Waals surface area (Å²) in [5.74, 6) is 1.09. The van der Waals surface area contributed by atoms with Crippen LogP contribution in [-0.2, 0) is 9.53 Å². The van der Waals surface area contributed by atoms with Crippen molar-refractivity contribution >= 4 is 5.97 Å². The molecule has 2 nitrogen and oxygen atoms in total. The maximum atomic E-state index is 12.0. The van der Waals surface area contributed by atoms with Crippen LogP contribution < -0.4 is 0 Å². The first-order chi connectivity index (χ1) is 20.8. The molecule has 1 saturated heterocycles. The summed E-state index contributed by atoms with van der Waals surface area (Å²) in [6, 6.07) is 0. The van der Waals surface area contributed by atoms with Crippen molar-refractivity contribution in [2.75, 3.05) is 0 Å². The number of cyclic esters (lactones) is 1. The van der Waals surface area contributed by atoms with Gasteiger partial charge in [-0.05, 0) is 25.3 Å². The van der Waals surface area contributed by atoms with Gasteiger partial charge in [0.1, 0.15) is 11.7 Å². The minimum Gasteiger partial charge on any atom is -0.430 e. The number of esters is 1. The molecule has 0 amide bonds. The SMILES string of the molecule is CCCCCCCCCCCCCCCCCC/C=C1/OC(=O)C1CCCCCCCCCCCCCCCCCC. The third-order valence-corrected chi connectivity index (χ3v) is 9.60. The summed E-state index contributed by atoms with van der Waals surface area (Å²) in [6.07, 6.45) is 49.2. The summed E-state index contributed by atoms with van der Waals surface area (Å²) < 4.78 is 5.38. The van der Waals surface area contributed by atoms with Crippen LogP contribution in [0.2, 0.25) is 0 Å². The smallest absolute Gasteiger partial charge is 0.321 e. The van der Waals surface area contributed by atoms with Gasteiger partial charge >= 0.3 is 5.97 Å². The molecule has 1 unspecified atom stereocenters. The second kappa shape index (κ2) is 31.6. The van der Waals surface area contributed by atoms with Crippen LogP contribution in [0.15, 0.2) is 11.8 Å². The predicted molar refractivity (Wildman–Crippen MR) is 186 cm³/mol. The van der Waals surface area contributed by atoms with Gasteiger partial charge in [-0.15, -0.1) is 0 Å². The Morgan fingerprint density at radius 3 is 1.02 bits per heavy atom. The van der Waals surface area contributed by atoms with Gasteiger partial charge in [-0.25, -0.2) is 0 Å². The van der Waals surface area contributed by atoms with Crippen LogP contribution in [0.3, 0.4) is 0 Å². The van der Waals surface area contributed by atoms with E-state index in [1.807, 2.05) is 0 Å². The maximum absolute atomic E-state index is 12.0. The fourth-order valence-electron chi connectivity index (χ4n) is 6.59. The zero-order valence-corrected chi connectivity index (χ0v) is 29.0. The standard InChI is InChI=1S/C40H76O2/c1-3-5-7-9-11-13-15-17-19-21-23-25-27-29-31-33-35-37-39-38(40(41)42-39)36-34-32-30-28-26-24-22-20-18-16-14-12-10-8-6-4-2/h37-38H,3-36H2,1-2H3/b39-37+. The number of carbonyl (C=O) groups is 1. The van der Waals surface area contributed by atoms with Crippen LogP contribution in [0.4, 0.5) is 0 Å². The average molecular weight is 589 g/mol. The topological polar surface area (TPSA) is 26.3 Å². The molecule has 0 bridgehead atoms. The van der Waals surface area contributed by atoms with E-state index in [1.54, 1.807) is 0 Å². The second-order valence-electron chi connectivity index (χ2n) is 13.8. The Labute approximate surface area is 265 Å². The average Bonchev–Trinajstić information content (AvgIpc) is 2.99. The van der Waals surface area contributed by atoms with Crippen molar-refractivity contribution in [3.8, 4) is 0 Å². The minimum absolute atomic E-state index is 0.0224. The first-order valence-corrected chi connectivity index (χ1v) is 19.7. The lowest BCUT2D eigenvalue weighted by Gasteiger charge is -2.28. The number of hydrogen-bond donors (Lipinski definition) is 0. The van der Waals surface area contributed by atoms with Crippen molar-refractivity contribution in [2.24, 2.45) is 5.92 Å². The number of carbonyl (C=O) groups excluding carboxylic acids is 1. The third-order valence-electron chi connectivity index (χ3n) is 9.60. The van der Waals surface area contributed by atoms with Crippen molar-refractivity contribution in [2.45, 2.75) is 232 Å². The first-order valence-electron chi connectivity index (χ1n) is 19.7. The van der Waals surface area contributed by atoms with Gasteiger partial charge in [0.2, 0.25) is 0 Å². The molecular weight excluding hydrogens is 512 g/mol. The number of allylic oxidation sites excluding steroid dienone is 1. The largest absolute Gasteiger partial charge is 0.430 e.